The van der Waals surface area contributed by atoms with Gasteiger partial charge in [0.2, 0.25) is 28.4 Å². The molecule has 0 saturated heterocycles. The summed E-state index contributed by atoms with van der Waals surface area (Å²) in [5.74, 6) is -30.3. The number of benzene rings is 1. The summed E-state index contributed by atoms with van der Waals surface area (Å²) in [6, 6.07) is 0. The molecule has 0 amide bonds. The molecule has 32 heavy (non-hydrogen) atoms. The summed E-state index contributed by atoms with van der Waals surface area (Å²) in [4.78, 5) is 0. The van der Waals surface area contributed by atoms with Crippen molar-refractivity contribution >= 4 is 0 Å². The lowest BCUT2D eigenvalue weighted by molar-refractivity contribution is -0.332. The normalized spacial score (nSPS) is 25.7. The zero-order valence-electron chi connectivity index (χ0n) is 13.8. The van der Waals surface area contributed by atoms with Gasteiger partial charge in [0.1, 0.15) is 5.56 Å². The zero-order chi connectivity index (χ0) is 25.6. The molecule has 0 N–H and O–H groups in total. The maximum atomic E-state index is 14.8. The van der Waals surface area contributed by atoms with Crippen molar-refractivity contribution in [2.24, 2.45) is 5.41 Å². The van der Waals surface area contributed by atoms with Crippen molar-refractivity contribution in [1.82, 2.24) is 0 Å². The maximum absolute atomic E-state index is 14.8. The second-order valence-electron chi connectivity index (χ2n) is 6.16. The molecule has 0 aliphatic heterocycles. The Morgan fingerprint density at radius 2 is 0.875 bits per heavy atom. The monoisotopic (exact) mass is 510 g/mol. The highest BCUT2D eigenvalue weighted by Crippen LogP contribution is 2.88. The Morgan fingerprint density at radius 1 is 0.562 bits per heavy atom. The lowest BCUT2D eigenvalue weighted by Gasteiger charge is -2.29. The van der Waals surface area contributed by atoms with E-state index in [1.165, 1.54) is 0 Å². The highest BCUT2D eigenvalue weighted by Gasteiger charge is 3.15. The predicted molar refractivity (Wildman–Crippen MR) is 62.7 cm³/mol. The first-order chi connectivity index (χ1) is 14.0. The van der Waals surface area contributed by atoms with E-state index in [1.54, 1.807) is 0 Å². The molecule has 182 valence electrons. The molecular formula is C14F18. The van der Waals surface area contributed by atoms with Gasteiger partial charge in [-0.1, -0.05) is 0 Å². The van der Waals surface area contributed by atoms with Gasteiger partial charge in [0.25, 0.3) is 0 Å². The van der Waals surface area contributed by atoms with Gasteiger partial charge in [0.05, 0.1) is 0 Å². The van der Waals surface area contributed by atoms with Gasteiger partial charge >= 0.3 is 24.4 Å². The third kappa shape index (κ3) is 2.45. The van der Waals surface area contributed by atoms with Gasteiger partial charge in [-0.25, -0.2) is 35.1 Å². The molecule has 1 saturated carbocycles. The molecular weight excluding hydrogens is 510 g/mol. The quantitative estimate of drug-likeness (QED) is 0.232. The number of alkyl halides is 10. The standard InChI is InChI=1S/C14F18/c15-2-1(3(16)5(18)6(19)4(2)17)10(24,25)12(26)9(23,7(20)8(21)22)11(12,13(27,28)29)14(30,31)32. The minimum atomic E-state index is -7.78. The molecule has 1 aromatic carbocycles. The van der Waals surface area contributed by atoms with Gasteiger partial charge in [0.15, 0.2) is 23.3 Å². The minimum absolute atomic E-state index is 3.31. The van der Waals surface area contributed by atoms with Crippen LogP contribution in [0.4, 0.5) is 79.0 Å². The number of hydrogen-bond donors (Lipinski definition) is 0. The van der Waals surface area contributed by atoms with Crippen molar-refractivity contribution in [2.75, 3.05) is 0 Å². The summed E-state index contributed by atoms with van der Waals surface area (Å²) in [6.07, 6.45) is -20.1. The molecule has 1 aliphatic rings. The summed E-state index contributed by atoms with van der Waals surface area (Å²) >= 11 is 0. The largest absolute Gasteiger partial charge is 0.410 e. The highest BCUT2D eigenvalue weighted by molar-refractivity contribution is 5.54. The van der Waals surface area contributed by atoms with Gasteiger partial charge in [-0.3, -0.25) is 0 Å². The smallest absolute Gasteiger partial charge is 0.231 e. The van der Waals surface area contributed by atoms with Crippen LogP contribution in [0.3, 0.4) is 0 Å². The van der Waals surface area contributed by atoms with E-state index in [4.69, 9.17) is 0 Å². The van der Waals surface area contributed by atoms with Crippen LogP contribution in [0.5, 0.6) is 0 Å². The molecule has 1 aromatic rings. The van der Waals surface area contributed by atoms with E-state index in [0.717, 1.165) is 0 Å². The van der Waals surface area contributed by atoms with Gasteiger partial charge in [-0.2, -0.15) is 43.9 Å². The Morgan fingerprint density at radius 3 is 1.16 bits per heavy atom. The number of allylic oxidation sites excluding steroid dienone is 1. The van der Waals surface area contributed by atoms with Gasteiger partial charge in [-0.15, -0.1) is 0 Å². The van der Waals surface area contributed by atoms with E-state index in [2.05, 4.69) is 0 Å². The van der Waals surface area contributed by atoms with Crippen LogP contribution in [0, 0.1) is 34.5 Å². The van der Waals surface area contributed by atoms with Crippen LogP contribution in [0.25, 0.3) is 0 Å². The second-order valence-corrected chi connectivity index (χ2v) is 6.16. The van der Waals surface area contributed by atoms with Gasteiger partial charge < -0.3 is 0 Å². The third-order valence-electron chi connectivity index (χ3n) is 4.72. The SMILES string of the molecule is FC(F)=C(F)C1(F)C(F)(C(F)(F)c2c(F)c(F)c(F)c(F)c2F)C1(C(F)(F)F)C(F)(F)F. The lowest BCUT2D eigenvalue weighted by Crippen LogP contribution is -2.50. The summed E-state index contributed by atoms with van der Waals surface area (Å²) < 4.78 is 241. The van der Waals surface area contributed by atoms with Crippen LogP contribution >= 0.6 is 0 Å². The highest BCUT2D eigenvalue weighted by atomic mass is 19.4. The molecule has 1 aliphatic carbocycles. The molecule has 2 atom stereocenters. The molecule has 0 bridgehead atoms. The Balaban J connectivity index is 3.14. The molecule has 0 radical (unpaired) electrons. The maximum Gasteiger partial charge on any atom is 0.410 e. The molecule has 2 rings (SSSR count). The van der Waals surface area contributed by atoms with Crippen LogP contribution in [-0.2, 0) is 5.92 Å². The van der Waals surface area contributed by atoms with Crippen LogP contribution < -0.4 is 0 Å². The first-order valence-corrected chi connectivity index (χ1v) is 7.15. The molecule has 0 nitrogen and oxygen atoms in total. The average Bonchev–Trinajstić information content (AvgIpc) is 3.12. The fourth-order valence-electron chi connectivity index (χ4n) is 3.38. The van der Waals surface area contributed by atoms with Crippen LogP contribution in [-0.4, -0.2) is 23.7 Å². The van der Waals surface area contributed by atoms with Crippen molar-refractivity contribution in [3.05, 3.63) is 46.6 Å². The number of rotatable bonds is 3. The van der Waals surface area contributed by atoms with Crippen molar-refractivity contribution in [3.8, 4) is 0 Å². The predicted octanol–water partition coefficient (Wildman–Crippen LogP) is 7.09. The van der Waals surface area contributed by atoms with E-state index >= 15 is 0 Å². The van der Waals surface area contributed by atoms with E-state index < -0.39 is 81.6 Å². The van der Waals surface area contributed by atoms with E-state index in [-0.39, 0.29) is 0 Å². The fraction of sp³-hybridized carbons (Fsp3) is 0.429. The molecule has 0 aromatic heterocycles. The Hall–Kier alpha value is -2.30. The van der Waals surface area contributed by atoms with Crippen molar-refractivity contribution in [2.45, 2.75) is 29.6 Å². The minimum Gasteiger partial charge on any atom is -0.231 e. The zero-order valence-corrected chi connectivity index (χ0v) is 13.8. The fourth-order valence-corrected chi connectivity index (χ4v) is 3.38. The van der Waals surface area contributed by atoms with Gasteiger partial charge in [0, 0.05) is 0 Å². The van der Waals surface area contributed by atoms with E-state index in [0.29, 0.717) is 0 Å². The van der Waals surface area contributed by atoms with Gasteiger partial charge in [-0.05, 0) is 0 Å². The summed E-state index contributed by atoms with van der Waals surface area (Å²) in [5.41, 5.74) is -26.2. The van der Waals surface area contributed by atoms with Crippen LogP contribution in [0.1, 0.15) is 5.56 Å². The van der Waals surface area contributed by atoms with Crippen molar-refractivity contribution in [1.29, 1.82) is 0 Å². The number of hydrogen-bond acceptors (Lipinski definition) is 0. The Labute approximate surface area is 162 Å². The molecule has 1 fully saturated rings. The Kier molecular flexibility index (Phi) is 5.37. The average molecular weight is 510 g/mol. The first kappa shape index (κ1) is 26.0. The topological polar surface area (TPSA) is 0 Å². The first-order valence-electron chi connectivity index (χ1n) is 7.15. The molecule has 0 heterocycles. The molecule has 2 unspecified atom stereocenters. The van der Waals surface area contributed by atoms with Crippen LogP contribution in [0.15, 0.2) is 11.9 Å². The van der Waals surface area contributed by atoms with Crippen molar-refractivity contribution in [3.63, 3.8) is 0 Å². The summed E-state index contributed by atoms with van der Waals surface area (Å²) in [7, 11) is 0. The Bertz CT molecular complexity index is 951. The molecule has 18 heteroatoms. The van der Waals surface area contributed by atoms with E-state index in [9.17, 15) is 79.0 Å². The van der Waals surface area contributed by atoms with E-state index in [1.807, 2.05) is 0 Å². The third-order valence-corrected chi connectivity index (χ3v) is 4.72. The lowest BCUT2D eigenvalue weighted by atomic mass is 9.91. The molecule has 0 spiro atoms. The second kappa shape index (κ2) is 6.61. The number of halogens is 18. The summed E-state index contributed by atoms with van der Waals surface area (Å²) in [6.45, 7) is 0. The summed E-state index contributed by atoms with van der Waals surface area (Å²) in [5, 5.41) is 0. The van der Waals surface area contributed by atoms with Crippen molar-refractivity contribution < 1.29 is 79.0 Å². The van der Waals surface area contributed by atoms with Crippen LogP contribution in [0.2, 0.25) is 0 Å².